The summed E-state index contributed by atoms with van der Waals surface area (Å²) in [6.07, 6.45) is 2.71. The fourth-order valence-corrected chi connectivity index (χ4v) is 4.12. The molecule has 0 aliphatic carbocycles. The lowest BCUT2D eigenvalue weighted by atomic mass is 10.2. The number of aliphatic imine (C=N–C) groups is 1. The molecule has 2 aliphatic heterocycles. The highest BCUT2D eigenvalue weighted by Crippen LogP contribution is 2.30. The third-order valence-corrected chi connectivity index (χ3v) is 5.64. The van der Waals surface area contributed by atoms with Crippen molar-refractivity contribution in [2.24, 2.45) is 4.99 Å². The summed E-state index contributed by atoms with van der Waals surface area (Å²) in [6, 6.07) is 14.8. The zero-order valence-electron chi connectivity index (χ0n) is 16.0. The first-order valence-electron chi connectivity index (χ1n) is 9.44. The van der Waals surface area contributed by atoms with Gasteiger partial charge in [-0.3, -0.25) is 24.2 Å². The van der Waals surface area contributed by atoms with Crippen LogP contribution in [0.1, 0.15) is 18.4 Å². The first-order chi connectivity index (χ1) is 14.5. The Kier molecular flexibility index (Phi) is 5.76. The predicted octanol–water partition coefficient (Wildman–Crippen LogP) is 3.45. The maximum atomic E-state index is 13.4. The van der Waals surface area contributed by atoms with Crippen molar-refractivity contribution in [1.29, 1.82) is 0 Å². The molecule has 0 atom stereocenters. The Balaban J connectivity index is 1.60. The number of carbonyl (C=O) groups excluding carboxylic acids is 3. The highest BCUT2D eigenvalue weighted by atomic mass is 32.2. The van der Waals surface area contributed by atoms with E-state index in [1.54, 1.807) is 6.08 Å². The van der Waals surface area contributed by atoms with E-state index in [2.05, 4.69) is 4.99 Å². The smallest absolute Gasteiger partial charge is 0.282 e. The lowest BCUT2D eigenvalue weighted by molar-refractivity contribution is -0.140. The Labute approximate surface area is 177 Å². The Hall–Kier alpha value is -3.26. The predicted molar refractivity (Wildman–Crippen MR) is 114 cm³/mol. The summed E-state index contributed by atoms with van der Waals surface area (Å²) in [5.74, 6) is -1.28. The fourth-order valence-electron chi connectivity index (χ4n) is 3.23. The summed E-state index contributed by atoms with van der Waals surface area (Å²) in [5, 5.41) is 0.314. The van der Waals surface area contributed by atoms with Crippen LogP contribution in [-0.2, 0) is 14.4 Å². The fraction of sp³-hybridized carbons (Fsp3) is 0.182. The zero-order valence-corrected chi connectivity index (χ0v) is 16.8. The zero-order chi connectivity index (χ0) is 21.1. The van der Waals surface area contributed by atoms with Crippen LogP contribution in [0, 0.1) is 5.82 Å². The maximum absolute atomic E-state index is 13.4. The van der Waals surface area contributed by atoms with Gasteiger partial charge in [0.25, 0.3) is 5.91 Å². The monoisotopic (exact) mass is 423 g/mol. The van der Waals surface area contributed by atoms with Crippen molar-refractivity contribution in [2.75, 3.05) is 17.2 Å². The van der Waals surface area contributed by atoms with Gasteiger partial charge in [-0.25, -0.2) is 9.38 Å². The third-order valence-electron chi connectivity index (χ3n) is 4.72. The molecule has 152 valence electrons. The van der Waals surface area contributed by atoms with E-state index in [-0.39, 0.29) is 29.2 Å². The molecule has 1 fully saturated rings. The van der Waals surface area contributed by atoms with Gasteiger partial charge in [-0.2, -0.15) is 0 Å². The van der Waals surface area contributed by atoms with Gasteiger partial charge >= 0.3 is 0 Å². The second-order valence-corrected chi connectivity index (χ2v) is 7.73. The second-order valence-electron chi connectivity index (χ2n) is 6.78. The van der Waals surface area contributed by atoms with E-state index in [4.69, 9.17) is 0 Å². The molecule has 2 heterocycles. The van der Waals surface area contributed by atoms with Gasteiger partial charge in [-0.05, 0) is 42.3 Å². The van der Waals surface area contributed by atoms with Gasteiger partial charge in [0.2, 0.25) is 11.8 Å². The number of thioether (sulfide) groups is 1. The minimum atomic E-state index is -0.417. The largest absolute Gasteiger partial charge is 0.283 e. The van der Waals surface area contributed by atoms with Crippen LogP contribution >= 0.6 is 11.8 Å². The maximum Gasteiger partial charge on any atom is 0.283 e. The molecule has 0 bridgehead atoms. The second kappa shape index (κ2) is 8.62. The van der Waals surface area contributed by atoms with E-state index < -0.39 is 5.82 Å². The van der Waals surface area contributed by atoms with Crippen LogP contribution < -0.4 is 4.90 Å². The number of nitrogens with zero attached hydrogens (tertiary/aromatic N) is 3. The Morgan fingerprint density at radius 2 is 1.83 bits per heavy atom. The summed E-state index contributed by atoms with van der Waals surface area (Å²) >= 11 is 1.08. The van der Waals surface area contributed by atoms with Crippen molar-refractivity contribution >= 4 is 46.4 Å². The number of amides is 3. The highest BCUT2D eigenvalue weighted by Gasteiger charge is 2.33. The van der Waals surface area contributed by atoms with Crippen molar-refractivity contribution in [3.8, 4) is 0 Å². The summed E-state index contributed by atoms with van der Waals surface area (Å²) in [4.78, 5) is 44.3. The van der Waals surface area contributed by atoms with E-state index >= 15 is 0 Å². The Bertz CT molecular complexity index is 1050. The summed E-state index contributed by atoms with van der Waals surface area (Å²) in [5.41, 5.74) is 1.49. The number of hydrogen-bond donors (Lipinski definition) is 0. The van der Waals surface area contributed by atoms with E-state index in [1.165, 1.54) is 34.1 Å². The molecule has 4 rings (SSSR count). The van der Waals surface area contributed by atoms with Crippen molar-refractivity contribution < 1.29 is 18.8 Å². The summed E-state index contributed by atoms with van der Waals surface area (Å²) in [6.45, 7) is 0.421. The van der Waals surface area contributed by atoms with Crippen molar-refractivity contribution in [2.45, 2.75) is 12.8 Å². The van der Waals surface area contributed by atoms with E-state index in [1.807, 2.05) is 30.3 Å². The molecular weight excluding hydrogens is 405 g/mol. The minimum absolute atomic E-state index is 0.0197. The number of anilines is 1. The van der Waals surface area contributed by atoms with Crippen LogP contribution in [0.4, 0.5) is 10.1 Å². The lowest BCUT2D eigenvalue weighted by Crippen LogP contribution is -2.35. The van der Waals surface area contributed by atoms with Crippen molar-refractivity contribution in [3.63, 3.8) is 0 Å². The van der Waals surface area contributed by atoms with Gasteiger partial charge in [0.05, 0.1) is 11.4 Å². The molecule has 0 N–H and O–H groups in total. The Morgan fingerprint density at radius 1 is 1.10 bits per heavy atom. The number of carbonyl (C=O) groups is 3. The minimum Gasteiger partial charge on any atom is -0.282 e. The van der Waals surface area contributed by atoms with Crippen LogP contribution in [0.2, 0.25) is 0 Å². The Morgan fingerprint density at radius 3 is 2.50 bits per heavy atom. The quantitative estimate of drug-likeness (QED) is 0.707. The molecule has 2 aliphatic rings. The summed E-state index contributed by atoms with van der Waals surface area (Å²) in [7, 11) is 0. The topological polar surface area (TPSA) is 70.0 Å². The molecule has 2 aromatic carbocycles. The highest BCUT2D eigenvalue weighted by molar-refractivity contribution is 8.14. The van der Waals surface area contributed by atoms with E-state index in [9.17, 15) is 18.8 Å². The number of halogens is 1. The van der Waals surface area contributed by atoms with Crippen molar-refractivity contribution in [3.05, 3.63) is 71.7 Å². The number of imide groups is 1. The van der Waals surface area contributed by atoms with Gasteiger partial charge < -0.3 is 0 Å². The van der Waals surface area contributed by atoms with Gasteiger partial charge in [-0.15, -0.1) is 0 Å². The first-order valence-corrected chi connectivity index (χ1v) is 10.4. The van der Waals surface area contributed by atoms with Crippen LogP contribution in [0.3, 0.4) is 0 Å². The van der Waals surface area contributed by atoms with Crippen LogP contribution in [0.15, 0.2) is 65.3 Å². The molecule has 0 saturated carbocycles. The van der Waals surface area contributed by atoms with Gasteiger partial charge in [0.1, 0.15) is 11.5 Å². The lowest BCUT2D eigenvalue weighted by Gasteiger charge is -2.18. The number of amidine groups is 1. The van der Waals surface area contributed by atoms with Gasteiger partial charge in [0, 0.05) is 13.0 Å². The molecule has 30 heavy (non-hydrogen) atoms. The van der Waals surface area contributed by atoms with Crippen LogP contribution in [0.25, 0.3) is 6.08 Å². The van der Waals surface area contributed by atoms with Gasteiger partial charge in [0.15, 0.2) is 5.17 Å². The molecule has 0 unspecified atom stereocenters. The third kappa shape index (κ3) is 4.18. The average Bonchev–Trinajstić information content (AvgIpc) is 3.31. The molecule has 6 nitrogen and oxygen atoms in total. The molecule has 0 spiro atoms. The molecular formula is C22H18FN3O3S. The normalized spacial score (nSPS) is 17.8. The molecule has 2 aromatic rings. The average molecular weight is 423 g/mol. The number of benzene rings is 2. The van der Waals surface area contributed by atoms with Crippen molar-refractivity contribution in [1.82, 2.24) is 4.90 Å². The number of likely N-dealkylation sites (tertiary alicyclic amines) is 1. The molecule has 1 saturated heterocycles. The summed E-state index contributed by atoms with van der Waals surface area (Å²) < 4.78 is 13.4. The molecule has 0 aromatic heterocycles. The number of hydrogen-bond acceptors (Lipinski definition) is 5. The first kappa shape index (κ1) is 20.0. The molecule has 3 amide bonds. The SMILES string of the molecule is O=C1CCCN1C(=O)CSC1=NC(=Cc2ccccc2)C(=O)N1c1ccc(F)cc1. The van der Waals surface area contributed by atoms with E-state index in [0.717, 1.165) is 17.3 Å². The molecule has 0 radical (unpaired) electrons. The standard InChI is InChI=1S/C22H18FN3O3S/c23-16-8-10-17(11-9-16)26-21(29)18(13-15-5-2-1-3-6-15)24-22(26)30-14-20(28)25-12-4-7-19(25)27/h1-3,5-6,8-11,13H,4,7,12,14H2. The van der Waals surface area contributed by atoms with Crippen LogP contribution in [0.5, 0.6) is 0 Å². The van der Waals surface area contributed by atoms with E-state index in [0.29, 0.717) is 30.2 Å². The molecule has 8 heteroatoms. The number of rotatable bonds is 4. The van der Waals surface area contributed by atoms with Gasteiger partial charge in [-0.1, -0.05) is 42.1 Å². The van der Waals surface area contributed by atoms with Crippen LogP contribution in [-0.4, -0.2) is 40.1 Å².